The Labute approximate surface area is 189 Å². The van der Waals surface area contributed by atoms with Crippen LogP contribution < -0.4 is 5.56 Å². The zero-order valence-electron chi connectivity index (χ0n) is 18.6. The maximum atomic E-state index is 13.9. The molecule has 0 spiro atoms. The second-order valence-corrected chi connectivity index (χ2v) is 8.93. The van der Waals surface area contributed by atoms with Crippen LogP contribution in [0.4, 0.5) is 0 Å². The molecule has 8 nitrogen and oxygen atoms in total. The summed E-state index contributed by atoms with van der Waals surface area (Å²) in [6.07, 6.45) is 7.97. The Hall–Kier alpha value is -3.78. The third-order valence-corrected chi connectivity index (χ3v) is 6.34. The SMILES string of the molecule is Cc1ccc(-c2c(=O)n(-c3ccc4nn(C)cc4c3)nc3c(CO)cn(CC4CC4)c23)cn1. The lowest BCUT2D eigenvalue weighted by Crippen LogP contribution is -2.24. The first-order valence-electron chi connectivity index (χ1n) is 11.1. The molecule has 0 saturated heterocycles. The summed E-state index contributed by atoms with van der Waals surface area (Å²) in [6.45, 7) is 2.59. The van der Waals surface area contributed by atoms with Crippen molar-refractivity contribution >= 4 is 21.9 Å². The number of hydrogen-bond acceptors (Lipinski definition) is 5. The van der Waals surface area contributed by atoms with Crippen LogP contribution in [0.25, 0.3) is 38.8 Å². The molecule has 0 bridgehead atoms. The number of rotatable bonds is 5. The van der Waals surface area contributed by atoms with Gasteiger partial charge in [0.1, 0.15) is 5.52 Å². The lowest BCUT2D eigenvalue weighted by Gasteiger charge is -2.12. The minimum Gasteiger partial charge on any atom is -0.392 e. The Morgan fingerprint density at radius 1 is 1.12 bits per heavy atom. The normalized spacial score (nSPS) is 13.9. The highest BCUT2D eigenvalue weighted by molar-refractivity contribution is 5.93. The van der Waals surface area contributed by atoms with Gasteiger partial charge < -0.3 is 9.67 Å². The lowest BCUT2D eigenvalue weighted by molar-refractivity contribution is 0.282. The first-order valence-corrected chi connectivity index (χ1v) is 11.1. The number of pyridine rings is 1. The summed E-state index contributed by atoms with van der Waals surface area (Å²) in [6, 6.07) is 9.50. The van der Waals surface area contributed by atoms with Crippen LogP contribution in [0.5, 0.6) is 0 Å². The van der Waals surface area contributed by atoms with Crippen LogP contribution in [-0.4, -0.2) is 34.2 Å². The molecule has 0 amide bonds. The molecular formula is C25H24N6O2. The smallest absolute Gasteiger partial charge is 0.281 e. The highest BCUT2D eigenvalue weighted by Crippen LogP contribution is 2.35. The molecule has 1 N–H and O–H groups in total. The molecule has 1 fully saturated rings. The zero-order chi connectivity index (χ0) is 22.7. The summed E-state index contributed by atoms with van der Waals surface area (Å²) in [5.41, 5.74) is 5.59. The van der Waals surface area contributed by atoms with Crippen molar-refractivity contribution in [1.29, 1.82) is 0 Å². The second-order valence-electron chi connectivity index (χ2n) is 8.93. The quantitative estimate of drug-likeness (QED) is 0.453. The fraction of sp³-hybridized carbons (Fsp3) is 0.280. The predicted octanol–water partition coefficient (Wildman–Crippen LogP) is 3.35. The number of aromatic nitrogens is 6. The number of aliphatic hydroxyl groups excluding tert-OH is 1. The molecule has 1 aliphatic rings. The van der Waals surface area contributed by atoms with Gasteiger partial charge in [-0.2, -0.15) is 14.9 Å². The Bertz CT molecular complexity index is 1570. The van der Waals surface area contributed by atoms with Crippen molar-refractivity contribution in [1.82, 2.24) is 29.1 Å². The number of benzene rings is 1. The Morgan fingerprint density at radius 2 is 1.97 bits per heavy atom. The molecular weight excluding hydrogens is 416 g/mol. The summed E-state index contributed by atoms with van der Waals surface area (Å²) in [7, 11) is 1.87. The average Bonchev–Trinajstić information content (AvgIpc) is 3.44. The third kappa shape index (κ3) is 3.34. The molecule has 4 aromatic heterocycles. The van der Waals surface area contributed by atoms with Crippen LogP contribution >= 0.6 is 0 Å². The van der Waals surface area contributed by atoms with Crippen molar-refractivity contribution in [3.05, 3.63) is 70.5 Å². The topological polar surface area (TPSA) is 90.8 Å². The Balaban J connectivity index is 1.67. The molecule has 0 unspecified atom stereocenters. The number of aryl methyl sites for hydroxylation is 2. The molecule has 33 heavy (non-hydrogen) atoms. The standard InChI is InChI=1S/C25H24N6O2/c1-15-3-6-17(10-26-15)22-24-23(19(14-32)13-30(24)11-16-4-5-16)28-31(25(22)33)20-7-8-21-18(9-20)12-29(2)27-21/h3,6-10,12-13,16,32H,4-5,11,14H2,1-2H3. The van der Waals surface area contributed by atoms with Gasteiger partial charge in [-0.3, -0.25) is 14.5 Å². The number of fused-ring (bicyclic) bond motifs is 2. The van der Waals surface area contributed by atoms with Gasteiger partial charge in [-0.1, -0.05) is 6.07 Å². The molecule has 0 radical (unpaired) electrons. The molecule has 5 aromatic rings. The summed E-state index contributed by atoms with van der Waals surface area (Å²) in [5, 5.41) is 20.2. The molecule has 1 saturated carbocycles. The monoisotopic (exact) mass is 440 g/mol. The molecule has 4 heterocycles. The minimum absolute atomic E-state index is 0.146. The summed E-state index contributed by atoms with van der Waals surface area (Å²) in [5.74, 6) is 0.603. The first kappa shape index (κ1) is 19.9. The van der Waals surface area contributed by atoms with E-state index in [0.29, 0.717) is 28.2 Å². The van der Waals surface area contributed by atoms with Gasteiger partial charge in [-0.25, -0.2) is 0 Å². The Kier molecular flexibility index (Phi) is 4.45. The fourth-order valence-electron chi connectivity index (χ4n) is 4.49. The van der Waals surface area contributed by atoms with E-state index in [1.54, 1.807) is 10.9 Å². The van der Waals surface area contributed by atoms with Crippen LogP contribution in [0, 0.1) is 12.8 Å². The van der Waals surface area contributed by atoms with E-state index in [2.05, 4.69) is 14.6 Å². The van der Waals surface area contributed by atoms with Crippen LogP contribution in [0.15, 0.2) is 53.7 Å². The molecule has 1 aliphatic carbocycles. The molecule has 166 valence electrons. The molecule has 6 rings (SSSR count). The maximum Gasteiger partial charge on any atom is 0.281 e. The Morgan fingerprint density at radius 3 is 2.70 bits per heavy atom. The van der Waals surface area contributed by atoms with Gasteiger partial charge in [-0.05, 0) is 49.9 Å². The van der Waals surface area contributed by atoms with Gasteiger partial charge in [0, 0.05) is 54.4 Å². The van der Waals surface area contributed by atoms with Crippen LogP contribution in [0.3, 0.4) is 0 Å². The lowest BCUT2D eigenvalue weighted by atomic mass is 10.1. The fourth-order valence-corrected chi connectivity index (χ4v) is 4.49. The van der Waals surface area contributed by atoms with E-state index in [9.17, 15) is 9.90 Å². The van der Waals surface area contributed by atoms with Crippen LogP contribution in [-0.2, 0) is 20.2 Å². The van der Waals surface area contributed by atoms with Crippen molar-refractivity contribution < 1.29 is 5.11 Å². The first-order chi connectivity index (χ1) is 16.0. The second kappa shape index (κ2) is 7.38. The van der Waals surface area contributed by atoms with Crippen LogP contribution in [0.1, 0.15) is 24.1 Å². The highest BCUT2D eigenvalue weighted by Gasteiger charge is 2.26. The van der Waals surface area contributed by atoms with E-state index in [4.69, 9.17) is 5.10 Å². The van der Waals surface area contributed by atoms with Gasteiger partial charge in [0.05, 0.1) is 28.9 Å². The number of aliphatic hydroxyl groups is 1. The van der Waals surface area contributed by atoms with E-state index < -0.39 is 0 Å². The molecule has 8 heteroatoms. The molecule has 0 atom stereocenters. The summed E-state index contributed by atoms with van der Waals surface area (Å²) < 4.78 is 5.28. The van der Waals surface area contributed by atoms with Crippen LogP contribution in [0.2, 0.25) is 0 Å². The van der Waals surface area contributed by atoms with E-state index in [1.165, 1.54) is 17.5 Å². The summed E-state index contributed by atoms with van der Waals surface area (Å²) in [4.78, 5) is 18.4. The zero-order valence-corrected chi connectivity index (χ0v) is 18.6. The van der Waals surface area contributed by atoms with Crippen molar-refractivity contribution in [3.63, 3.8) is 0 Å². The van der Waals surface area contributed by atoms with E-state index >= 15 is 0 Å². The van der Waals surface area contributed by atoms with Crippen molar-refractivity contribution in [3.8, 4) is 16.8 Å². The van der Waals surface area contributed by atoms with E-state index in [0.717, 1.165) is 34.2 Å². The van der Waals surface area contributed by atoms with Crippen molar-refractivity contribution in [2.45, 2.75) is 32.9 Å². The van der Waals surface area contributed by atoms with Gasteiger partial charge in [-0.15, -0.1) is 0 Å². The predicted molar refractivity (Wildman–Crippen MR) is 126 cm³/mol. The summed E-state index contributed by atoms with van der Waals surface area (Å²) >= 11 is 0. The molecule has 0 aliphatic heterocycles. The van der Waals surface area contributed by atoms with Gasteiger partial charge in [0.2, 0.25) is 0 Å². The van der Waals surface area contributed by atoms with Gasteiger partial charge in [0.15, 0.2) is 0 Å². The minimum atomic E-state index is -0.212. The van der Waals surface area contributed by atoms with E-state index in [-0.39, 0.29) is 12.2 Å². The third-order valence-electron chi connectivity index (χ3n) is 6.34. The van der Waals surface area contributed by atoms with Crippen molar-refractivity contribution in [2.75, 3.05) is 0 Å². The highest BCUT2D eigenvalue weighted by atomic mass is 16.3. The average molecular weight is 441 g/mol. The molecule has 1 aromatic carbocycles. The van der Waals surface area contributed by atoms with Crippen molar-refractivity contribution in [2.24, 2.45) is 13.0 Å². The largest absolute Gasteiger partial charge is 0.392 e. The van der Waals surface area contributed by atoms with E-state index in [1.807, 2.05) is 56.7 Å². The maximum absolute atomic E-state index is 13.9. The number of hydrogen-bond donors (Lipinski definition) is 1. The number of nitrogens with zero attached hydrogens (tertiary/aromatic N) is 6. The van der Waals surface area contributed by atoms with Gasteiger partial charge >= 0.3 is 0 Å². The van der Waals surface area contributed by atoms with Gasteiger partial charge in [0.25, 0.3) is 5.56 Å².